The first-order chi connectivity index (χ1) is 8.36. The Morgan fingerprint density at radius 1 is 1.41 bits per heavy atom. The highest BCUT2D eigenvalue weighted by Crippen LogP contribution is 1.98. The van der Waals surface area contributed by atoms with E-state index < -0.39 is 5.69 Å². The van der Waals surface area contributed by atoms with E-state index in [4.69, 9.17) is 4.84 Å². The lowest BCUT2D eigenvalue weighted by Gasteiger charge is -2.01. The van der Waals surface area contributed by atoms with Crippen molar-refractivity contribution in [2.75, 3.05) is 0 Å². The minimum Gasteiger partial charge on any atom is -0.272 e. The molecule has 0 unspecified atom stereocenters. The lowest BCUT2D eigenvalue weighted by atomic mass is 10.2. The number of aromatic nitrogens is 4. The number of H-pyrrole nitrogens is 1. The molecule has 2 aromatic rings. The maximum atomic E-state index is 11.0. The molecular weight excluding hydrogens is 222 g/mol. The van der Waals surface area contributed by atoms with Gasteiger partial charge in [0, 0.05) is 6.20 Å². The Kier molecular flexibility index (Phi) is 3.66. The van der Waals surface area contributed by atoms with Gasteiger partial charge in [-0.25, -0.2) is 9.89 Å². The summed E-state index contributed by atoms with van der Waals surface area (Å²) in [5.41, 5.74) is 3.21. The van der Waals surface area contributed by atoms with Gasteiger partial charge in [0.25, 0.3) is 0 Å². The zero-order valence-corrected chi connectivity index (χ0v) is 8.91. The summed E-state index contributed by atoms with van der Waals surface area (Å²) in [5.74, 6) is 0. The molecule has 0 spiro atoms. The van der Waals surface area contributed by atoms with Gasteiger partial charge in [0.05, 0.1) is 12.8 Å². The number of rotatable bonds is 5. The van der Waals surface area contributed by atoms with Crippen molar-refractivity contribution in [1.29, 1.82) is 0 Å². The summed E-state index contributed by atoms with van der Waals surface area (Å²) in [4.78, 5) is 16.1. The second-order valence-corrected chi connectivity index (χ2v) is 3.16. The van der Waals surface area contributed by atoms with E-state index in [1.54, 1.807) is 0 Å². The molecule has 88 valence electrons. The fraction of sp³-hybridized carbons (Fsp3) is 0.100. The number of tetrazole rings is 1. The van der Waals surface area contributed by atoms with Gasteiger partial charge in [-0.2, -0.15) is 4.68 Å². The summed E-state index contributed by atoms with van der Waals surface area (Å²) in [7, 11) is 0. The Hall–Kier alpha value is -2.41. The molecule has 7 nitrogen and oxygen atoms in total. The second kappa shape index (κ2) is 5.61. The molecule has 17 heavy (non-hydrogen) atoms. The van der Waals surface area contributed by atoms with Crippen LogP contribution in [0.1, 0.15) is 5.56 Å². The van der Waals surface area contributed by atoms with Crippen LogP contribution < -0.4 is 11.2 Å². The zero-order valence-electron chi connectivity index (χ0n) is 8.91. The Labute approximate surface area is 96.7 Å². The second-order valence-electron chi connectivity index (χ2n) is 3.16. The summed E-state index contributed by atoms with van der Waals surface area (Å²) in [6, 6.07) is 9.71. The molecule has 0 aliphatic heterocycles. The number of hydroxylamine groups is 1. The first kappa shape index (κ1) is 11.1. The molecule has 0 aliphatic carbocycles. The van der Waals surface area contributed by atoms with Gasteiger partial charge in [-0.1, -0.05) is 30.3 Å². The third-order valence-corrected chi connectivity index (χ3v) is 1.94. The fourth-order valence-electron chi connectivity index (χ4n) is 1.15. The fourth-order valence-corrected chi connectivity index (χ4v) is 1.15. The minimum atomic E-state index is -0.411. The molecule has 1 heterocycles. The van der Waals surface area contributed by atoms with Crippen LogP contribution in [0.5, 0.6) is 0 Å². The normalized spacial score (nSPS) is 10.8. The van der Waals surface area contributed by atoms with E-state index >= 15 is 0 Å². The van der Waals surface area contributed by atoms with Gasteiger partial charge in [-0.3, -0.25) is 10.3 Å². The van der Waals surface area contributed by atoms with Gasteiger partial charge < -0.3 is 0 Å². The standard InChI is InChI=1S/C10H11N5O2/c16-10-12-13-14-15(10)7-6-11-17-8-9-4-2-1-3-5-9/h1-7,11H,8H2,(H,12,14,16). The van der Waals surface area contributed by atoms with Crippen molar-refractivity contribution in [3.05, 3.63) is 52.6 Å². The summed E-state index contributed by atoms with van der Waals surface area (Å²) in [6.07, 6.45) is 2.85. The van der Waals surface area contributed by atoms with Gasteiger partial charge in [-0.05, 0) is 16.0 Å². The molecule has 0 amide bonds. The van der Waals surface area contributed by atoms with Crippen molar-refractivity contribution in [3.63, 3.8) is 0 Å². The largest absolute Gasteiger partial charge is 0.365 e. The molecule has 0 saturated carbocycles. The average Bonchev–Trinajstić information content (AvgIpc) is 2.76. The van der Waals surface area contributed by atoms with E-state index in [9.17, 15) is 4.79 Å². The summed E-state index contributed by atoms with van der Waals surface area (Å²) in [5, 5.41) is 8.97. The number of aromatic amines is 1. The van der Waals surface area contributed by atoms with Crippen molar-refractivity contribution in [2.24, 2.45) is 0 Å². The van der Waals surface area contributed by atoms with E-state index in [1.807, 2.05) is 30.3 Å². The van der Waals surface area contributed by atoms with Gasteiger partial charge >= 0.3 is 5.69 Å². The monoisotopic (exact) mass is 233 g/mol. The molecule has 7 heteroatoms. The Bertz CT molecular complexity index is 531. The third-order valence-electron chi connectivity index (χ3n) is 1.94. The lowest BCUT2D eigenvalue weighted by molar-refractivity contribution is 0.0579. The molecule has 0 aliphatic rings. The van der Waals surface area contributed by atoms with Crippen LogP contribution in [0.4, 0.5) is 0 Å². The van der Waals surface area contributed by atoms with Crippen LogP contribution in [-0.2, 0) is 11.4 Å². The van der Waals surface area contributed by atoms with E-state index in [0.29, 0.717) is 6.61 Å². The maximum Gasteiger partial charge on any atom is 0.365 e. The molecular formula is C10H11N5O2. The smallest absolute Gasteiger partial charge is 0.272 e. The van der Waals surface area contributed by atoms with Crippen LogP contribution in [0.15, 0.2) is 41.3 Å². The molecule has 0 bridgehead atoms. The van der Waals surface area contributed by atoms with Crippen molar-refractivity contribution < 1.29 is 4.84 Å². The van der Waals surface area contributed by atoms with E-state index in [1.165, 1.54) is 12.4 Å². The van der Waals surface area contributed by atoms with Crippen LogP contribution in [0, 0.1) is 0 Å². The summed E-state index contributed by atoms with van der Waals surface area (Å²) in [6.45, 7) is 0.429. The minimum absolute atomic E-state index is 0.411. The van der Waals surface area contributed by atoms with E-state index in [2.05, 4.69) is 21.0 Å². The van der Waals surface area contributed by atoms with E-state index in [0.717, 1.165) is 10.2 Å². The molecule has 0 radical (unpaired) electrons. The maximum absolute atomic E-state index is 11.0. The number of hydrogen-bond donors (Lipinski definition) is 2. The van der Waals surface area contributed by atoms with Gasteiger partial charge in [0.15, 0.2) is 0 Å². The molecule has 2 rings (SSSR count). The van der Waals surface area contributed by atoms with Crippen LogP contribution in [0.3, 0.4) is 0 Å². The number of hydrogen-bond acceptors (Lipinski definition) is 5. The van der Waals surface area contributed by atoms with Crippen molar-refractivity contribution in [1.82, 2.24) is 25.7 Å². The predicted octanol–water partition coefficient (Wildman–Crippen LogP) is 0.116. The highest BCUT2D eigenvalue weighted by Gasteiger charge is 1.92. The Balaban J connectivity index is 1.75. The van der Waals surface area contributed by atoms with Crippen LogP contribution >= 0.6 is 0 Å². The third kappa shape index (κ3) is 3.28. The summed E-state index contributed by atoms with van der Waals surface area (Å²) < 4.78 is 1.04. The molecule has 0 fully saturated rings. The number of nitrogens with one attached hydrogen (secondary N) is 2. The predicted molar refractivity (Wildman–Crippen MR) is 60.3 cm³/mol. The lowest BCUT2D eigenvalue weighted by Crippen LogP contribution is -2.14. The quantitative estimate of drug-likeness (QED) is 0.566. The van der Waals surface area contributed by atoms with Gasteiger partial charge in [-0.15, -0.1) is 0 Å². The van der Waals surface area contributed by atoms with Gasteiger partial charge in [0.1, 0.15) is 0 Å². The Morgan fingerprint density at radius 3 is 2.94 bits per heavy atom. The summed E-state index contributed by atoms with van der Waals surface area (Å²) >= 11 is 0. The highest BCUT2D eigenvalue weighted by molar-refractivity contribution is 5.16. The Morgan fingerprint density at radius 2 is 2.24 bits per heavy atom. The SMILES string of the molecule is O=c1[nH]nnn1C=CNOCc1ccccc1. The van der Waals surface area contributed by atoms with Gasteiger partial charge in [0.2, 0.25) is 0 Å². The topological polar surface area (TPSA) is 84.8 Å². The zero-order chi connectivity index (χ0) is 11.9. The molecule has 1 aromatic carbocycles. The van der Waals surface area contributed by atoms with Crippen LogP contribution in [0.25, 0.3) is 6.20 Å². The van der Waals surface area contributed by atoms with E-state index in [-0.39, 0.29) is 0 Å². The van der Waals surface area contributed by atoms with Crippen molar-refractivity contribution >= 4 is 6.20 Å². The molecule has 1 aromatic heterocycles. The number of benzene rings is 1. The molecule has 0 saturated heterocycles. The molecule has 2 N–H and O–H groups in total. The first-order valence-electron chi connectivity index (χ1n) is 4.94. The molecule has 0 atom stereocenters. The first-order valence-corrected chi connectivity index (χ1v) is 4.94. The van der Waals surface area contributed by atoms with Crippen LogP contribution in [-0.4, -0.2) is 20.2 Å². The van der Waals surface area contributed by atoms with Crippen molar-refractivity contribution in [2.45, 2.75) is 6.61 Å². The van der Waals surface area contributed by atoms with Crippen molar-refractivity contribution in [3.8, 4) is 0 Å². The highest BCUT2D eigenvalue weighted by atomic mass is 16.6. The number of nitrogens with zero attached hydrogens (tertiary/aromatic N) is 3. The van der Waals surface area contributed by atoms with Crippen LogP contribution in [0.2, 0.25) is 0 Å². The average molecular weight is 233 g/mol.